The zero-order chi connectivity index (χ0) is 22.6. The highest BCUT2D eigenvalue weighted by Crippen LogP contribution is 2.17. The number of rotatable bonds is 11. The molecule has 2 rings (SSSR count). The topological polar surface area (TPSA) is 88.1 Å². The standard InChI is InChI=1S/C24H28O7/c1-4-17(2)22(25)30-16-6-5-15-29-20-11-7-19(8-12-20)24(27)31-21-13-9-18(10-14-21)23(26)28-3/h7-14,17H,4-6,15-16H2,1-3H3. The molecule has 7 heteroatoms. The molecule has 0 aliphatic heterocycles. The van der Waals surface area contributed by atoms with Gasteiger partial charge in [0, 0.05) is 0 Å². The lowest BCUT2D eigenvalue weighted by molar-refractivity contribution is -0.148. The van der Waals surface area contributed by atoms with E-state index in [0.717, 1.165) is 19.3 Å². The van der Waals surface area contributed by atoms with E-state index in [4.69, 9.17) is 14.2 Å². The van der Waals surface area contributed by atoms with E-state index in [9.17, 15) is 14.4 Å². The molecular formula is C24H28O7. The van der Waals surface area contributed by atoms with Crippen LogP contribution in [0.5, 0.6) is 11.5 Å². The fraction of sp³-hybridized carbons (Fsp3) is 0.375. The van der Waals surface area contributed by atoms with E-state index in [1.165, 1.54) is 31.4 Å². The second kappa shape index (κ2) is 12.4. The molecule has 0 aromatic heterocycles. The Morgan fingerprint density at radius 3 is 1.94 bits per heavy atom. The van der Waals surface area contributed by atoms with Crippen LogP contribution in [0.25, 0.3) is 0 Å². The van der Waals surface area contributed by atoms with Gasteiger partial charge in [-0.2, -0.15) is 0 Å². The predicted octanol–water partition coefficient (Wildman–Crippen LogP) is 4.44. The molecule has 0 radical (unpaired) electrons. The number of benzene rings is 2. The average Bonchev–Trinajstić information content (AvgIpc) is 2.80. The van der Waals surface area contributed by atoms with Crippen molar-refractivity contribution in [2.45, 2.75) is 33.1 Å². The predicted molar refractivity (Wildman–Crippen MR) is 114 cm³/mol. The quantitative estimate of drug-likeness (QED) is 0.297. The number of hydrogen-bond donors (Lipinski definition) is 0. The van der Waals surface area contributed by atoms with Crippen molar-refractivity contribution < 1.29 is 33.3 Å². The maximum absolute atomic E-state index is 12.3. The van der Waals surface area contributed by atoms with Crippen LogP contribution in [0.2, 0.25) is 0 Å². The zero-order valence-electron chi connectivity index (χ0n) is 18.1. The van der Waals surface area contributed by atoms with E-state index in [2.05, 4.69) is 4.74 Å². The van der Waals surface area contributed by atoms with Gasteiger partial charge in [0.2, 0.25) is 0 Å². The van der Waals surface area contributed by atoms with Gasteiger partial charge in [-0.3, -0.25) is 4.79 Å². The van der Waals surface area contributed by atoms with E-state index in [1.54, 1.807) is 24.3 Å². The summed E-state index contributed by atoms with van der Waals surface area (Å²) in [4.78, 5) is 35.3. The van der Waals surface area contributed by atoms with Gasteiger partial charge in [-0.15, -0.1) is 0 Å². The van der Waals surface area contributed by atoms with Crippen LogP contribution in [0, 0.1) is 5.92 Å². The minimum atomic E-state index is -0.513. The molecule has 1 atom stereocenters. The smallest absolute Gasteiger partial charge is 0.343 e. The van der Waals surface area contributed by atoms with E-state index in [0.29, 0.717) is 35.8 Å². The Morgan fingerprint density at radius 2 is 1.35 bits per heavy atom. The third-order valence-electron chi connectivity index (χ3n) is 4.64. The number of methoxy groups -OCH3 is 1. The molecule has 0 bridgehead atoms. The highest BCUT2D eigenvalue weighted by molar-refractivity contribution is 5.92. The number of esters is 3. The Kier molecular flexibility index (Phi) is 9.55. The second-order valence-electron chi connectivity index (χ2n) is 6.96. The molecule has 31 heavy (non-hydrogen) atoms. The number of carbonyl (C=O) groups is 3. The Bertz CT molecular complexity index is 857. The lowest BCUT2D eigenvalue weighted by Crippen LogP contribution is -2.15. The number of carbonyl (C=O) groups excluding carboxylic acids is 3. The summed E-state index contributed by atoms with van der Waals surface area (Å²) in [5.74, 6) is -0.241. The fourth-order valence-corrected chi connectivity index (χ4v) is 2.51. The molecule has 166 valence electrons. The minimum absolute atomic E-state index is 0.0688. The van der Waals surface area contributed by atoms with Crippen molar-refractivity contribution in [1.29, 1.82) is 0 Å². The van der Waals surface area contributed by atoms with Crippen molar-refractivity contribution in [3.8, 4) is 11.5 Å². The molecule has 0 aliphatic rings. The van der Waals surface area contributed by atoms with Gasteiger partial charge in [0.1, 0.15) is 11.5 Å². The van der Waals surface area contributed by atoms with Gasteiger partial charge in [0.25, 0.3) is 0 Å². The van der Waals surface area contributed by atoms with Crippen LogP contribution in [0.3, 0.4) is 0 Å². The molecule has 7 nitrogen and oxygen atoms in total. The number of hydrogen-bond acceptors (Lipinski definition) is 7. The lowest BCUT2D eigenvalue weighted by Gasteiger charge is -2.10. The Labute approximate surface area is 182 Å². The first-order valence-corrected chi connectivity index (χ1v) is 10.2. The monoisotopic (exact) mass is 428 g/mol. The van der Waals surface area contributed by atoms with Crippen LogP contribution in [-0.2, 0) is 14.3 Å². The van der Waals surface area contributed by atoms with E-state index >= 15 is 0 Å². The van der Waals surface area contributed by atoms with Gasteiger partial charge in [-0.05, 0) is 67.8 Å². The van der Waals surface area contributed by atoms with Crippen LogP contribution in [-0.4, -0.2) is 38.2 Å². The molecule has 0 N–H and O–H groups in total. The van der Waals surface area contributed by atoms with Crippen molar-refractivity contribution in [2.24, 2.45) is 5.92 Å². The van der Waals surface area contributed by atoms with Gasteiger partial charge in [-0.1, -0.05) is 13.8 Å². The summed E-state index contributed by atoms with van der Waals surface area (Å²) >= 11 is 0. The molecule has 2 aromatic rings. The summed E-state index contributed by atoms with van der Waals surface area (Å²) < 4.78 is 20.8. The highest BCUT2D eigenvalue weighted by atomic mass is 16.5. The summed E-state index contributed by atoms with van der Waals surface area (Å²) in [7, 11) is 1.30. The number of ether oxygens (including phenoxy) is 4. The normalized spacial score (nSPS) is 11.3. The molecule has 0 amide bonds. The Balaban J connectivity index is 1.73. The third kappa shape index (κ3) is 7.77. The fourth-order valence-electron chi connectivity index (χ4n) is 2.51. The molecule has 2 aromatic carbocycles. The van der Waals surface area contributed by atoms with Gasteiger partial charge >= 0.3 is 17.9 Å². The average molecular weight is 428 g/mol. The maximum Gasteiger partial charge on any atom is 0.343 e. The first-order valence-electron chi connectivity index (χ1n) is 10.2. The molecule has 0 saturated carbocycles. The summed E-state index contributed by atoms with van der Waals surface area (Å²) in [5, 5.41) is 0. The van der Waals surface area contributed by atoms with Crippen LogP contribution < -0.4 is 9.47 Å². The molecule has 0 heterocycles. The largest absolute Gasteiger partial charge is 0.494 e. The molecule has 1 unspecified atom stereocenters. The van der Waals surface area contributed by atoms with Gasteiger partial charge in [0.05, 0.1) is 37.4 Å². The first kappa shape index (κ1) is 23.9. The Hall–Kier alpha value is -3.35. The summed E-state index contributed by atoms with van der Waals surface area (Å²) in [6.07, 6.45) is 2.24. The third-order valence-corrected chi connectivity index (χ3v) is 4.64. The van der Waals surface area contributed by atoms with E-state index < -0.39 is 11.9 Å². The molecule has 0 saturated heterocycles. The summed E-state index contributed by atoms with van der Waals surface area (Å²) in [6.45, 7) is 4.68. The van der Waals surface area contributed by atoms with Crippen molar-refractivity contribution in [3.05, 3.63) is 59.7 Å². The van der Waals surface area contributed by atoms with Crippen LogP contribution in [0.15, 0.2) is 48.5 Å². The van der Waals surface area contributed by atoms with Crippen molar-refractivity contribution >= 4 is 17.9 Å². The molecule has 0 aliphatic carbocycles. The summed E-state index contributed by atoms with van der Waals surface area (Å²) in [6, 6.07) is 12.7. The second-order valence-corrected chi connectivity index (χ2v) is 6.96. The number of unbranched alkanes of at least 4 members (excludes halogenated alkanes) is 1. The van der Waals surface area contributed by atoms with Gasteiger partial charge < -0.3 is 18.9 Å². The minimum Gasteiger partial charge on any atom is -0.494 e. The molecule has 0 spiro atoms. The van der Waals surface area contributed by atoms with Gasteiger partial charge in [-0.25, -0.2) is 9.59 Å². The first-order chi connectivity index (χ1) is 14.9. The zero-order valence-corrected chi connectivity index (χ0v) is 18.1. The van der Waals surface area contributed by atoms with Crippen molar-refractivity contribution in [3.63, 3.8) is 0 Å². The van der Waals surface area contributed by atoms with Gasteiger partial charge in [0.15, 0.2) is 0 Å². The molecule has 0 fully saturated rings. The van der Waals surface area contributed by atoms with Crippen molar-refractivity contribution in [2.75, 3.05) is 20.3 Å². The Morgan fingerprint density at radius 1 is 0.806 bits per heavy atom. The maximum atomic E-state index is 12.3. The van der Waals surface area contributed by atoms with Crippen LogP contribution in [0.4, 0.5) is 0 Å². The van der Waals surface area contributed by atoms with Crippen LogP contribution in [0.1, 0.15) is 53.8 Å². The molecular weight excluding hydrogens is 400 g/mol. The SMILES string of the molecule is CCC(C)C(=O)OCCCCOc1ccc(C(=O)Oc2ccc(C(=O)OC)cc2)cc1. The van der Waals surface area contributed by atoms with E-state index in [-0.39, 0.29) is 11.9 Å². The van der Waals surface area contributed by atoms with E-state index in [1.807, 2.05) is 13.8 Å². The lowest BCUT2D eigenvalue weighted by atomic mass is 10.1. The highest BCUT2D eigenvalue weighted by Gasteiger charge is 2.12. The van der Waals surface area contributed by atoms with Crippen LogP contribution >= 0.6 is 0 Å². The summed E-state index contributed by atoms with van der Waals surface area (Å²) in [5.41, 5.74) is 0.749. The van der Waals surface area contributed by atoms with Crippen molar-refractivity contribution in [1.82, 2.24) is 0 Å².